The van der Waals surface area contributed by atoms with Gasteiger partial charge in [0.25, 0.3) is 0 Å². The van der Waals surface area contributed by atoms with E-state index in [0.29, 0.717) is 24.0 Å². The Morgan fingerprint density at radius 1 is 1.20 bits per heavy atom. The topological polar surface area (TPSA) is 23.5 Å². The Hall–Kier alpha value is -0.0800. The van der Waals surface area contributed by atoms with Crippen LogP contribution in [0.4, 0.5) is 0 Å². The van der Waals surface area contributed by atoms with Gasteiger partial charge < -0.3 is 5.11 Å². The average Bonchev–Trinajstić information content (AvgIpc) is 2.60. The van der Waals surface area contributed by atoms with Gasteiger partial charge in [0.1, 0.15) is 0 Å². The lowest BCUT2D eigenvalue weighted by atomic mass is 9.76. The van der Waals surface area contributed by atoms with E-state index in [9.17, 15) is 0 Å². The monoisotopic (exact) mass is 211 g/mol. The Morgan fingerprint density at radius 2 is 1.80 bits per heavy atom. The second-order valence-corrected chi connectivity index (χ2v) is 5.94. The van der Waals surface area contributed by atoms with Gasteiger partial charge in [-0.2, -0.15) is 0 Å². The van der Waals surface area contributed by atoms with Crippen molar-refractivity contribution in [2.75, 3.05) is 19.7 Å². The van der Waals surface area contributed by atoms with Crippen molar-refractivity contribution in [2.24, 2.45) is 11.3 Å². The van der Waals surface area contributed by atoms with Crippen LogP contribution >= 0.6 is 0 Å². The molecular formula is C13H25NO. The van der Waals surface area contributed by atoms with Gasteiger partial charge in [-0.1, -0.05) is 26.7 Å². The molecule has 2 aliphatic rings. The zero-order valence-corrected chi connectivity index (χ0v) is 10.2. The van der Waals surface area contributed by atoms with Crippen molar-refractivity contribution in [1.82, 2.24) is 4.90 Å². The largest absolute Gasteiger partial charge is 0.396 e. The van der Waals surface area contributed by atoms with Crippen LogP contribution in [0.1, 0.15) is 46.0 Å². The van der Waals surface area contributed by atoms with E-state index in [1.807, 2.05) is 0 Å². The maximum Gasteiger partial charge on any atom is 0.0446 e. The molecule has 2 rings (SSSR count). The molecule has 0 aromatic heterocycles. The van der Waals surface area contributed by atoms with E-state index in [1.165, 1.54) is 38.8 Å². The highest BCUT2D eigenvalue weighted by Gasteiger charge is 2.46. The lowest BCUT2D eigenvalue weighted by Crippen LogP contribution is -2.60. The van der Waals surface area contributed by atoms with E-state index in [2.05, 4.69) is 18.7 Å². The van der Waals surface area contributed by atoms with Gasteiger partial charge in [0.2, 0.25) is 0 Å². The lowest BCUT2D eigenvalue weighted by Gasteiger charge is -2.53. The van der Waals surface area contributed by atoms with Gasteiger partial charge in [-0.25, -0.2) is 0 Å². The Bertz CT molecular complexity index is 201. The van der Waals surface area contributed by atoms with E-state index < -0.39 is 0 Å². The van der Waals surface area contributed by atoms with E-state index in [0.717, 1.165) is 6.42 Å². The summed E-state index contributed by atoms with van der Waals surface area (Å²) >= 11 is 0. The SMILES string of the molecule is CC(C)C(CCO)N1CC2(CCCC2)C1. The summed E-state index contributed by atoms with van der Waals surface area (Å²) in [4.78, 5) is 2.60. The molecule has 2 heteroatoms. The minimum absolute atomic E-state index is 0.340. The molecule has 1 saturated heterocycles. The summed E-state index contributed by atoms with van der Waals surface area (Å²) in [7, 11) is 0. The predicted octanol–water partition coefficient (Wildman–Crippen LogP) is 2.27. The van der Waals surface area contributed by atoms with Crippen molar-refractivity contribution < 1.29 is 5.11 Å². The second kappa shape index (κ2) is 4.42. The molecular weight excluding hydrogens is 186 g/mol. The van der Waals surface area contributed by atoms with Crippen LogP contribution in [0.25, 0.3) is 0 Å². The molecule has 1 atom stereocenters. The van der Waals surface area contributed by atoms with Crippen LogP contribution < -0.4 is 0 Å². The van der Waals surface area contributed by atoms with E-state index in [4.69, 9.17) is 5.11 Å². The van der Waals surface area contributed by atoms with Gasteiger partial charge in [0.15, 0.2) is 0 Å². The minimum Gasteiger partial charge on any atom is -0.396 e. The Balaban J connectivity index is 1.85. The molecule has 1 saturated carbocycles. The first-order chi connectivity index (χ1) is 7.17. The van der Waals surface area contributed by atoms with Crippen molar-refractivity contribution in [2.45, 2.75) is 52.0 Å². The summed E-state index contributed by atoms with van der Waals surface area (Å²) in [5, 5.41) is 9.08. The van der Waals surface area contributed by atoms with Gasteiger partial charge in [-0.05, 0) is 30.6 Å². The molecule has 0 aromatic carbocycles. The van der Waals surface area contributed by atoms with Gasteiger partial charge >= 0.3 is 0 Å². The summed E-state index contributed by atoms with van der Waals surface area (Å²) in [6.07, 6.45) is 6.75. The van der Waals surface area contributed by atoms with Crippen LogP contribution in [0.5, 0.6) is 0 Å². The third-order valence-corrected chi connectivity index (χ3v) is 4.40. The number of nitrogens with zero attached hydrogens (tertiary/aromatic N) is 1. The van der Waals surface area contributed by atoms with Crippen molar-refractivity contribution in [3.63, 3.8) is 0 Å². The molecule has 2 nitrogen and oxygen atoms in total. The highest BCUT2D eigenvalue weighted by Crippen LogP contribution is 2.46. The molecule has 15 heavy (non-hydrogen) atoms. The quantitative estimate of drug-likeness (QED) is 0.771. The maximum atomic E-state index is 9.08. The van der Waals surface area contributed by atoms with Crippen molar-refractivity contribution in [1.29, 1.82) is 0 Å². The van der Waals surface area contributed by atoms with Crippen molar-refractivity contribution in [3.8, 4) is 0 Å². The van der Waals surface area contributed by atoms with Crippen molar-refractivity contribution >= 4 is 0 Å². The fourth-order valence-electron chi connectivity index (χ4n) is 3.56. The molecule has 1 unspecified atom stereocenters. The maximum absolute atomic E-state index is 9.08. The standard InChI is InChI=1S/C13H25NO/c1-11(2)12(5-8-15)14-9-13(10-14)6-3-4-7-13/h11-12,15H,3-10H2,1-2H3. The number of hydrogen-bond acceptors (Lipinski definition) is 2. The summed E-state index contributed by atoms with van der Waals surface area (Å²) in [5.41, 5.74) is 0.697. The zero-order chi connectivity index (χ0) is 10.9. The molecule has 88 valence electrons. The number of aliphatic hydroxyl groups excluding tert-OH is 1. The summed E-state index contributed by atoms with van der Waals surface area (Å²) in [6, 6.07) is 0.612. The molecule has 0 aromatic rings. The highest BCUT2D eigenvalue weighted by atomic mass is 16.3. The third kappa shape index (κ3) is 2.21. The van der Waals surface area contributed by atoms with Crippen LogP contribution in [0, 0.1) is 11.3 Å². The summed E-state index contributed by atoms with van der Waals surface area (Å²) in [5.74, 6) is 0.677. The molecule has 1 N–H and O–H groups in total. The number of rotatable bonds is 4. The fraction of sp³-hybridized carbons (Fsp3) is 1.00. The van der Waals surface area contributed by atoms with Gasteiger partial charge in [-0.3, -0.25) is 4.90 Å². The van der Waals surface area contributed by atoms with Crippen molar-refractivity contribution in [3.05, 3.63) is 0 Å². The van der Waals surface area contributed by atoms with Gasteiger partial charge in [0, 0.05) is 25.7 Å². The van der Waals surface area contributed by atoms with Crippen LogP contribution in [0.3, 0.4) is 0 Å². The first-order valence-corrected chi connectivity index (χ1v) is 6.52. The Labute approximate surface area is 93.7 Å². The van der Waals surface area contributed by atoms with E-state index >= 15 is 0 Å². The van der Waals surface area contributed by atoms with Crippen LogP contribution in [-0.2, 0) is 0 Å². The predicted molar refractivity (Wildman–Crippen MR) is 62.8 cm³/mol. The lowest BCUT2D eigenvalue weighted by molar-refractivity contribution is -0.0464. The molecule has 2 fully saturated rings. The van der Waals surface area contributed by atoms with Crippen LogP contribution in [-0.4, -0.2) is 35.7 Å². The Kier molecular flexibility index (Phi) is 3.36. The Morgan fingerprint density at radius 3 is 2.27 bits per heavy atom. The molecule has 0 bridgehead atoms. The van der Waals surface area contributed by atoms with E-state index in [1.54, 1.807) is 0 Å². The highest BCUT2D eigenvalue weighted by molar-refractivity contribution is 5.00. The second-order valence-electron chi connectivity index (χ2n) is 5.94. The smallest absolute Gasteiger partial charge is 0.0446 e. The number of aliphatic hydroxyl groups is 1. The zero-order valence-electron chi connectivity index (χ0n) is 10.2. The molecule has 0 radical (unpaired) electrons. The van der Waals surface area contributed by atoms with Gasteiger partial charge in [0.05, 0.1) is 0 Å². The molecule has 1 aliphatic heterocycles. The molecule has 1 heterocycles. The first-order valence-electron chi connectivity index (χ1n) is 6.52. The third-order valence-electron chi connectivity index (χ3n) is 4.40. The van der Waals surface area contributed by atoms with Crippen LogP contribution in [0.2, 0.25) is 0 Å². The molecule has 1 aliphatic carbocycles. The normalized spacial score (nSPS) is 27.2. The first kappa shape index (κ1) is 11.4. The molecule has 1 spiro atoms. The number of hydrogen-bond donors (Lipinski definition) is 1. The summed E-state index contributed by atoms with van der Waals surface area (Å²) in [6.45, 7) is 7.50. The average molecular weight is 211 g/mol. The van der Waals surface area contributed by atoms with E-state index in [-0.39, 0.29) is 0 Å². The fourth-order valence-corrected chi connectivity index (χ4v) is 3.56. The minimum atomic E-state index is 0.340. The molecule has 0 amide bonds. The number of likely N-dealkylation sites (tertiary alicyclic amines) is 1. The van der Waals surface area contributed by atoms with Crippen LogP contribution in [0.15, 0.2) is 0 Å². The van der Waals surface area contributed by atoms with Gasteiger partial charge in [-0.15, -0.1) is 0 Å². The summed E-state index contributed by atoms with van der Waals surface area (Å²) < 4.78 is 0.